The number of carbonyl (C=O) groups is 2. The Bertz CT molecular complexity index is 1720. The summed E-state index contributed by atoms with van der Waals surface area (Å²) >= 11 is 0. The van der Waals surface area contributed by atoms with Gasteiger partial charge in [-0.05, 0) is 66.4 Å². The van der Waals surface area contributed by atoms with Crippen molar-refractivity contribution in [3.63, 3.8) is 0 Å². The van der Waals surface area contributed by atoms with Gasteiger partial charge in [0.25, 0.3) is 15.9 Å². The molecule has 0 radical (unpaired) electrons. The average Bonchev–Trinajstić information content (AvgIpc) is 3.62. The summed E-state index contributed by atoms with van der Waals surface area (Å²) in [4.78, 5) is 26.4. The number of carboxylic acid groups (broad SMARTS) is 1. The van der Waals surface area contributed by atoms with Gasteiger partial charge in [0.15, 0.2) is 5.76 Å². The van der Waals surface area contributed by atoms with Crippen LogP contribution in [0.4, 0.5) is 5.69 Å². The zero-order valence-electron chi connectivity index (χ0n) is 22.2. The number of nitrogens with zero attached hydrogens (tertiary/aromatic N) is 2. The third-order valence-corrected chi connectivity index (χ3v) is 9.93. The highest BCUT2D eigenvalue weighted by atomic mass is 32.2. The van der Waals surface area contributed by atoms with E-state index in [1.54, 1.807) is 23.1 Å². The number of hydrogen-bond donors (Lipinski definition) is 2. The van der Waals surface area contributed by atoms with Crippen LogP contribution in [0, 0.1) is 0 Å². The van der Waals surface area contributed by atoms with Crippen LogP contribution in [0.15, 0.2) is 94.2 Å². The lowest BCUT2D eigenvalue weighted by Gasteiger charge is -2.39. The number of rotatable bonds is 6. The van der Waals surface area contributed by atoms with Crippen LogP contribution in [-0.4, -0.2) is 49.9 Å². The molecule has 2 aliphatic heterocycles. The Morgan fingerprint density at radius 2 is 1.63 bits per heavy atom. The number of benzene rings is 3. The van der Waals surface area contributed by atoms with E-state index in [0.29, 0.717) is 43.9 Å². The molecule has 0 saturated carbocycles. The summed E-state index contributed by atoms with van der Waals surface area (Å²) in [7, 11) is -3.97. The summed E-state index contributed by atoms with van der Waals surface area (Å²) in [6.07, 6.45) is 1.13. The molecule has 4 aromatic rings. The zero-order valence-corrected chi connectivity index (χ0v) is 23.0. The Labute approximate surface area is 237 Å². The normalized spacial score (nSPS) is 16.1. The molecule has 1 spiro atoms. The van der Waals surface area contributed by atoms with Gasteiger partial charge in [0, 0.05) is 37.2 Å². The van der Waals surface area contributed by atoms with Gasteiger partial charge >= 0.3 is 5.97 Å². The number of nitrogens with two attached hydrogens (primary N) is 1. The third kappa shape index (κ3) is 4.68. The Morgan fingerprint density at radius 1 is 0.927 bits per heavy atom. The number of hydrogen-bond acceptors (Lipinski definition) is 6. The van der Waals surface area contributed by atoms with Crippen molar-refractivity contribution in [1.29, 1.82) is 0 Å². The van der Waals surface area contributed by atoms with Crippen molar-refractivity contribution < 1.29 is 27.5 Å². The first-order valence-electron chi connectivity index (χ1n) is 13.4. The van der Waals surface area contributed by atoms with Crippen molar-refractivity contribution in [2.75, 3.05) is 23.9 Å². The van der Waals surface area contributed by atoms with Gasteiger partial charge in [-0.15, -0.1) is 0 Å². The van der Waals surface area contributed by atoms with Crippen LogP contribution in [0.5, 0.6) is 0 Å². The number of aromatic carboxylic acids is 1. The van der Waals surface area contributed by atoms with E-state index in [1.165, 1.54) is 28.6 Å². The maximum absolute atomic E-state index is 13.8. The van der Waals surface area contributed by atoms with Crippen molar-refractivity contribution in [3.8, 4) is 11.3 Å². The number of amides is 1. The van der Waals surface area contributed by atoms with E-state index >= 15 is 0 Å². The third-order valence-electron chi connectivity index (χ3n) is 8.16. The molecule has 0 unspecified atom stereocenters. The minimum absolute atomic E-state index is 0.0133. The molecule has 0 bridgehead atoms. The Morgan fingerprint density at radius 3 is 2.29 bits per heavy atom. The largest absolute Gasteiger partial charge is 0.478 e. The van der Waals surface area contributed by atoms with E-state index in [-0.39, 0.29) is 28.7 Å². The molecule has 210 valence electrons. The van der Waals surface area contributed by atoms with Crippen molar-refractivity contribution in [1.82, 2.24) is 4.90 Å². The van der Waals surface area contributed by atoms with Crippen molar-refractivity contribution in [2.45, 2.75) is 29.7 Å². The molecule has 3 aromatic carbocycles. The highest BCUT2D eigenvalue weighted by molar-refractivity contribution is 7.92. The summed E-state index contributed by atoms with van der Waals surface area (Å²) in [6.45, 7) is 1.42. The first-order valence-corrected chi connectivity index (χ1v) is 14.8. The highest BCUT2D eigenvalue weighted by Gasteiger charge is 2.49. The summed E-state index contributed by atoms with van der Waals surface area (Å²) in [5, 5.41) is 9.22. The standard InChI is InChI=1S/C31H29N3O6S/c32-19-21-6-11-26-25(18-21)31(20-34(26)41(38,39)24-9-7-23(8-10-24)30(36)37)14-16-33(17-15-31)29(35)28-13-12-27(40-28)22-4-2-1-3-5-22/h1-13,18H,14-17,19-20,32H2,(H,36,37). The van der Waals surface area contributed by atoms with Crippen LogP contribution in [0.1, 0.15) is 44.9 Å². The quantitative estimate of drug-likeness (QED) is 0.348. The SMILES string of the molecule is NCc1ccc2c(c1)C1(CCN(C(=O)c3ccc(-c4ccccc4)o3)CC1)CN2S(=O)(=O)c1ccc(C(=O)O)cc1. The molecule has 0 aliphatic carbocycles. The summed E-state index contributed by atoms with van der Waals surface area (Å²) < 4.78 is 34.9. The fourth-order valence-corrected chi connectivity index (χ4v) is 7.41. The lowest BCUT2D eigenvalue weighted by molar-refractivity contribution is 0.0642. The first-order chi connectivity index (χ1) is 19.7. The van der Waals surface area contributed by atoms with Gasteiger partial charge in [0.05, 0.1) is 16.1 Å². The van der Waals surface area contributed by atoms with Gasteiger partial charge in [-0.3, -0.25) is 9.10 Å². The zero-order chi connectivity index (χ0) is 28.8. The Balaban J connectivity index is 1.26. The maximum Gasteiger partial charge on any atom is 0.335 e. The van der Waals surface area contributed by atoms with E-state index in [4.69, 9.17) is 10.2 Å². The van der Waals surface area contributed by atoms with Gasteiger partial charge in [0.1, 0.15) is 5.76 Å². The lowest BCUT2D eigenvalue weighted by Crippen LogP contribution is -2.47. The topological polar surface area (TPSA) is 134 Å². The van der Waals surface area contributed by atoms with Crippen LogP contribution < -0.4 is 10.0 Å². The van der Waals surface area contributed by atoms with Crippen LogP contribution in [0.3, 0.4) is 0 Å². The number of likely N-dealkylation sites (tertiary alicyclic amines) is 1. The molecule has 9 nitrogen and oxygen atoms in total. The van der Waals surface area contributed by atoms with Crippen LogP contribution in [0.2, 0.25) is 0 Å². The molecule has 3 heterocycles. The molecular formula is C31H29N3O6S. The molecule has 6 rings (SSSR count). The molecule has 1 aromatic heterocycles. The molecule has 1 amide bonds. The van der Waals surface area contributed by atoms with Gasteiger partial charge in [-0.1, -0.05) is 42.5 Å². The van der Waals surface area contributed by atoms with E-state index in [0.717, 1.165) is 16.7 Å². The molecule has 41 heavy (non-hydrogen) atoms. The van der Waals surface area contributed by atoms with Gasteiger partial charge < -0.3 is 20.2 Å². The number of furan rings is 1. The van der Waals surface area contributed by atoms with Crippen LogP contribution in [-0.2, 0) is 22.0 Å². The molecule has 1 saturated heterocycles. The summed E-state index contributed by atoms with van der Waals surface area (Å²) in [6, 6.07) is 23.9. The van der Waals surface area contributed by atoms with E-state index in [9.17, 15) is 23.1 Å². The van der Waals surface area contributed by atoms with Crippen LogP contribution in [0.25, 0.3) is 11.3 Å². The number of anilines is 1. The summed E-state index contributed by atoms with van der Waals surface area (Å²) in [5.41, 5.74) is 8.74. The number of carbonyl (C=O) groups excluding carboxylic acids is 1. The van der Waals surface area contributed by atoms with E-state index in [2.05, 4.69) is 0 Å². The summed E-state index contributed by atoms with van der Waals surface area (Å²) in [5.74, 6) is -0.426. The lowest BCUT2D eigenvalue weighted by atomic mass is 9.74. The number of sulfonamides is 1. The fourth-order valence-electron chi connectivity index (χ4n) is 5.84. The van der Waals surface area contributed by atoms with Crippen molar-refractivity contribution in [3.05, 3.63) is 107 Å². The molecule has 1 fully saturated rings. The predicted molar refractivity (Wildman–Crippen MR) is 153 cm³/mol. The van der Waals surface area contributed by atoms with Gasteiger partial charge in [-0.25, -0.2) is 13.2 Å². The van der Waals surface area contributed by atoms with Gasteiger partial charge in [0.2, 0.25) is 0 Å². The predicted octanol–water partition coefficient (Wildman–Crippen LogP) is 4.49. The maximum atomic E-state index is 13.8. The fraction of sp³-hybridized carbons (Fsp3) is 0.226. The Kier molecular flexibility index (Phi) is 6.67. The monoisotopic (exact) mass is 571 g/mol. The smallest absolute Gasteiger partial charge is 0.335 e. The molecular weight excluding hydrogens is 542 g/mol. The second-order valence-electron chi connectivity index (χ2n) is 10.5. The van der Waals surface area contributed by atoms with Crippen LogP contribution >= 0.6 is 0 Å². The second kappa shape index (κ2) is 10.2. The number of carboxylic acids is 1. The minimum Gasteiger partial charge on any atom is -0.478 e. The van der Waals surface area contributed by atoms with E-state index < -0.39 is 21.4 Å². The Hall–Kier alpha value is -4.41. The van der Waals surface area contributed by atoms with Crippen molar-refractivity contribution in [2.24, 2.45) is 5.73 Å². The molecule has 3 N–H and O–H groups in total. The average molecular weight is 572 g/mol. The number of piperidine rings is 1. The highest BCUT2D eigenvalue weighted by Crippen LogP contribution is 2.49. The van der Waals surface area contributed by atoms with Crippen molar-refractivity contribution >= 4 is 27.6 Å². The van der Waals surface area contributed by atoms with E-state index in [1.807, 2.05) is 42.5 Å². The molecule has 10 heteroatoms. The second-order valence-corrected chi connectivity index (χ2v) is 12.4. The number of fused-ring (bicyclic) bond motifs is 2. The molecule has 0 atom stereocenters. The van der Waals surface area contributed by atoms with Gasteiger partial charge in [-0.2, -0.15) is 0 Å². The minimum atomic E-state index is -3.97. The first kappa shape index (κ1) is 26.8. The molecule has 2 aliphatic rings.